The maximum atomic E-state index is 6.27. The van der Waals surface area contributed by atoms with E-state index in [1.807, 2.05) is 68.4 Å². The van der Waals surface area contributed by atoms with E-state index >= 15 is 0 Å². The highest BCUT2D eigenvalue weighted by Gasteiger charge is 2.13. The number of rotatable bonds is 6. The minimum absolute atomic E-state index is 0.268. The van der Waals surface area contributed by atoms with Crippen LogP contribution in [0.1, 0.15) is 12.6 Å². The van der Waals surface area contributed by atoms with Gasteiger partial charge in [-0.05, 0) is 50.2 Å². The van der Waals surface area contributed by atoms with E-state index in [1.54, 1.807) is 0 Å². The predicted molar refractivity (Wildman–Crippen MR) is 114 cm³/mol. The molecule has 2 heterocycles. The summed E-state index contributed by atoms with van der Waals surface area (Å²) in [6.45, 7) is 4.51. The lowest BCUT2D eigenvalue weighted by Gasteiger charge is -2.13. The van der Waals surface area contributed by atoms with Gasteiger partial charge in [0.05, 0.1) is 6.61 Å². The number of fused-ring (bicyclic) bond motifs is 1. The van der Waals surface area contributed by atoms with Gasteiger partial charge in [0.15, 0.2) is 11.6 Å². The van der Waals surface area contributed by atoms with Crippen LogP contribution in [-0.2, 0) is 0 Å². The number of aryl methyl sites for hydroxylation is 1. The molecule has 0 spiro atoms. The molecule has 3 N–H and O–H groups in total. The summed E-state index contributed by atoms with van der Waals surface area (Å²) < 4.78 is 11.5. The van der Waals surface area contributed by atoms with E-state index < -0.39 is 0 Å². The molecule has 2 aromatic carbocycles. The van der Waals surface area contributed by atoms with Crippen molar-refractivity contribution in [3.63, 3.8) is 0 Å². The van der Waals surface area contributed by atoms with Crippen molar-refractivity contribution in [3.8, 4) is 17.4 Å². The fourth-order valence-electron chi connectivity index (χ4n) is 2.90. The van der Waals surface area contributed by atoms with Crippen molar-refractivity contribution in [2.24, 2.45) is 0 Å². The first-order chi connectivity index (χ1) is 14.1. The molecule has 0 saturated heterocycles. The highest BCUT2D eigenvalue weighted by atomic mass is 16.5. The van der Waals surface area contributed by atoms with Crippen LogP contribution in [0.15, 0.2) is 60.9 Å². The Bertz CT molecular complexity index is 1150. The number of para-hydroxylation sites is 1. The fourth-order valence-corrected chi connectivity index (χ4v) is 2.90. The van der Waals surface area contributed by atoms with E-state index in [0.29, 0.717) is 23.9 Å². The standard InChI is InChI=1S/C22H21N5O2/c1-3-28-17-11-9-16(10-12-17)27-21-19(23)22(25-13-24-21)29-18-6-4-5-15-8-7-14(2)26-20(15)18/h4-13H,3,23H2,1-2H3,(H,24,25,27). The van der Waals surface area contributed by atoms with Crippen LogP contribution >= 0.6 is 0 Å². The topological polar surface area (TPSA) is 95.2 Å². The van der Waals surface area contributed by atoms with Gasteiger partial charge in [-0.15, -0.1) is 0 Å². The first-order valence-corrected chi connectivity index (χ1v) is 9.28. The quantitative estimate of drug-likeness (QED) is 0.488. The summed E-state index contributed by atoms with van der Waals surface area (Å²) in [5.74, 6) is 2.12. The van der Waals surface area contributed by atoms with Crippen molar-refractivity contribution in [1.82, 2.24) is 15.0 Å². The van der Waals surface area contributed by atoms with Gasteiger partial charge in [-0.1, -0.05) is 18.2 Å². The highest BCUT2D eigenvalue weighted by molar-refractivity contribution is 5.85. The van der Waals surface area contributed by atoms with Crippen LogP contribution in [0.5, 0.6) is 17.4 Å². The van der Waals surface area contributed by atoms with Gasteiger partial charge >= 0.3 is 0 Å². The Balaban J connectivity index is 1.61. The van der Waals surface area contributed by atoms with Crippen molar-refractivity contribution in [2.75, 3.05) is 17.7 Å². The van der Waals surface area contributed by atoms with Gasteiger partial charge in [-0.3, -0.25) is 0 Å². The number of ether oxygens (including phenoxy) is 2. The second-order valence-corrected chi connectivity index (χ2v) is 6.41. The Hall–Kier alpha value is -3.87. The lowest BCUT2D eigenvalue weighted by molar-refractivity contribution is 0.340. The van der Waals surface area contributed by atoms with E-state index in [0.717, 1.165) is 28.0 Å². The van der Waals surface area contributed by atoms with Crippen molar-refractivity contribution in [2.45, 2.75) is 13.8 Å². The molecular weight excluding hydrogens is 366 g/mol. The second-order valence-electron chi connectivity index (χ2n) is 6.41. The Morgan fingerprint density at radius 2 is 1.83 bits per heavy atom. The van der Waals surface area contributed by atoms with E-state index in [9.17, 15) is 0 Å². The van der Waals surface area contributed by atoms with Crippen molar-refractivity contribution >= 4 is 28.1 Å². The molecule has 0 radical (unpaired) electrons. The number of nitrogen functional groups attached to an aromatic ring is 1. The average molecular weight is 387 g/mol. The third-order valence-corrected chi connectivity index (χ3v) is 4.30. The Morgan fingerprint density at radius 1 is 1.00 bits per heavy atom. The zero-order valence-electron chi connectivity index (χ0n) is 16.2. The summed E-state index contributed by atoms with van der Waals surface area (Å²) >= 11 is 0. The largest absolute Gasteiger partial charge is 0.494 e. The fraction of sp³-hybridized carbons (Fsp3) is 0.136. The minimum atomic E-state index is 0.268. The maximum absolute atomic E-state index is 6.27. The molecule has 4 aromatic rings. The number of pyridine rings is 1. The molecule has 29 heavy (non-hydrogen) atoms. The number of nitrogens with zero attached hydrogens (tertiary/aromatic N) is 3. The summed E-state index contributed by atoms with van der Waals surface area (Å²) in [5, 5.41) is 4.17. The SMILES string of the molecule is CCOc1ccc(Nc2ncnc(Oc3cccc4ccc(C)nc34)c2N)cc1. The molecule has 0 bridgehead atoms. The minimum Gasteiger partial charge on any atom is -0.494 e. The summed E-state index contributed by atoms with van der Waals surface area (Å²) in [6.07, 6.45) is 1.41. The van der Waals surface area contributed by atoms with Crippen molar-refractivity contribution in [1.29, 1.82) is 0 Å². The predicted octanol–water partition coefficient (Wildman–Crippen LogP) is 4.85. The highest BCUT2D eigenvalue weighted by Crippen LogP contribution is 2.34. The lowest BCUT2D eigenvalue weighted by Crippen LogP contribution is -2.03. The van der Waals surface area contributed by atoms with Gasteiger partial charge < -0.3 is 20.5 Å². The zero-order chi connectivity index (χ0) is 20.2. The molecule has 146 valence electrons. The van der Waals surface area contributed by atoms with Crippen molar-refractivity contribution in [3.05, 3.63) is 66.6 Å². The number of hydrogen-bond acceptors (Lipinski definition) is 7. The van der Waals surface area contributed by atoms with Crippen LogP contribution in [-0.4, -0.2) is 21.6 Å². The maximum Gasteiger partial charge on any atom is 0.248 e. The van der Waals surface area contributed by atoms with Crippen LogP contribution in [0.25, 0.3) is 10.9 Å². The molecule has 0 aliphatic carbocycles. The molecule has 0 aliphatic heterocycles. The van der Waals surface area contributed by atoms with Gasteiger partial charge in [0.25, 0.3) is 0 Å². The average Bonchev–Trinajstić information content (AvgIpc) is 2.73. The lowest BCUT2D eigenvalue weighted by atomic mass is 10.2. The molecule has 0 saturated carbocycles. The molecule has 4 rings (SSSR count). The van der Waals surface area contributed by atoms with Crippen LogP contribution in [0.4, 0.5) is 17.2 Å². The summed E-state index contributed by atoms with van der Waals surface area (Å²) in [7, 11) is 0. The number of anilines is 3. The van der Waals surface area contributed by atoms with Crippen LogP contribution in [0.2, 0.25) is 0 Å². The number of benzene rings is 2. The Morgan fingerprint density at radius 3 is 2.62 bits per heavy atom. The van der Waals surface area contributed by atoms with Crippen LogP contribution < -0.4 is 20.5 Å². The molecular formula is C22H21N5O2. The van der Waals surface area contributed by atoms with Gasteiger partial charge in [-0.2, -0.15) is 4.98 Å². The van der Waals surface area contributed by atoms with E-state index in [2.05, 4.69) is 20.3 Å². The van der Waals surface area contributed by atoms with E-state index in [4.69, 9.17) is 15.2 Å². The van der Waals surface area contributed by atoms with Gasteiger partial charge in [-0.25, -0.2) is 9.97 Å². The van der Waals surface area contributed by atoms with Gasteiger partial charge in [0, 0.05) is 16.8 Å². The molecule has 0 unspecified atom stereocenters. The molecule has 0 fully saturated rings. The van der Waals surface area contributed by atoms with Crippen molar-refractivity contribution < 1.29 is 9.47 Å². The Kier molecular flexibility index (Phi) is 5.11. The molecule has 0 aliphatic rings. The van der Waals surface area contributed by atoms with E-state index in [-0.39, 0.29) is 5.88 Å². The number of nitrogens with two attached hydrogens (primary N) is 1. The number of aromatic nitrogens is 3. The molecule has 2 aromatic heterocycles. The molecule has 0 atom stereocenters. The third kappa shape index (κ3) is 4.03. The molecule has 7 nitrogen and oxygen atoms in total. The normalized spacial score (nSPS) is 10.7. The monoisotopic (exact) mass is 387 g/mol. The zero-order valence-corrected chi connectivity index (χ0v) is 16.2. The van der Waals surface area contributed by atoms with Crippen LogP contribution in [0.3, 0.4) is 0 Å². The van der Waals surface area contributed by atoms with E-state index in [1.165, 1.54) is 6.33 Å². The number of hydrogen-bond donors (Lipinski definition) is 2. The third-order valence-electron chi connectivity index (χ3n) is 4.30. The Labute approximate surface area is 168 Å². The molecule has 7 heteroatoms. The smallest absolute Gasteiger partial charge is 0.248 e. The number of nitrogens with one attached hydrogen (secondary N) is 1. The first kappa shape index (κ1) is 18.5. The van der Waals surface area contributed by atoms with Crippen LogP contribution in [0, 0.1) is 6.92 Å². The van der Waals surface area contributed by atoms with Gasteiger partial charge in [0.1, 0.15) is 23.3 Å². The summed E-state index contributed by atoms with van der Waals surface area (Å²) in [6, 6.07) is 17.2. The van der Waals surface area contributed by atoms with Gasteiger partial charge in [0.2, 0.25) is 5.88 Å². The molecule has 0 amide bonds. The first-order valence-electron chi connectivity index (χ1n) is 9.28. The summed E-state index contributed by atoms with van der Waals surface area (Å²) in [4.78, 5) is 13.0. The second kappa shape index (κ2) is 8.02. The summed E-state index contributed by atoms with van der Waals surface area (Å²) in [5.41, 5.74) is 9.07.